The molecular formula is C32H27BrN4OS. The highest BCUT2D eigenvalue weighted by Crippen LogP contribution is 2.41. The molecule has 2 heterocycles. The number of nitrogens with zero attached hydrogens (tertiary/aromatic N) is 4. The van der Waals surface area contributed by atoms with Crippen molar-refractivity contribution in [1.82, 2.24) is 4.90 Å². The number of carbonyl (C=O) groups excluding carboxylic acids is 1. The second-order valence-electron chi connectivity index (χ2n) is 9.96. The van der Waals surface area contributed by atoms with Crippen molar-refractivity contribution >= 4 is 49.6 Å². The molecule has 0 N–H and O–H groups in total. The van der Waals surface area contributed by atoms with E-state index in [1.807, 2.05) is 59.5 Å². The molecule has 3 aromatic carbocycles. The van der Waals surface area contributed by atoms with Crippen LogP contribution < -0.4 is 4.90 Å². The second kappa shape index (κ2) is 11.3. The summed E-state index contributed by atoms with van der Waals surface area (Å²) in [6, 6.07) is 29.0. The highest BCUT2D eigenvalue weighted by Gasteiger charge is 2.36. The number of halogens is 1. The maximum atomic E-state index is 14.0. The van der Waals surface area contributed by atoms with Crippen LogP contribution in [0.1, 0.15) is 45.5 Å². The van der Waals surface area contributed by atoms with E-state index in [1.165, 1.54) is 16.0 Å². The topological polar surface area (TPSA) is 59.7 Å². The number of rotatable bonds is 7. The van der Waals surface area contributed by atoms with Gasteiger partial charge in [0.2, 0.25) is 0 Å². The summed E-state index contributed by atoms with van der Waals surface area (Å²) in [5.41, 5.74) is 6.18. The molecule has 0 radical (unpaired) electrons. The van der Waals surface area contributed by atoms with Crippen LogP contribution in [0.5, 0.6) is 0 Å². The molecule has 7 heteroatoms. The van der Waals surface area contributed by atoms with E-state index in [1.54, 1.807) is 11.3 Å². The zero-order valence-corrected chi connectivity index (χ0v) is 23.8. The van der Waals surface area contributed by atoms with Gasteiger partial charge < -0.3 is 0 Å². The minimum absolute atomic E-state index is 0.135. The van der Waals surface area contributed by atoms with E-state index in [-0.39, 0.29) is 5.91 Å². The van der Waals surface area contributed by atoms with E-state index < -0.39 is 0 Å². The fourth-order valence-corrected chi connectivity index (χ4v) is 7.00. The summed E-state index contributed by atoms with van der Waals surface area (Å²) in [5, 5.41) is 10.6. The van der Waals surface area contributed by atoms with Crippen LogP contribution in [0, 0.1) is 11.3 Å². The molecule has 0 saturated carbocycles. The number of hydrogen-bond donors (Lipinski definition) is 0. The molecule has 5 nitrogen and oxygen atoms in total. The minimum Gasteiger partial charge on any atom is -0.293 e. The third-order valence-corrected chi connectivity index (χ3v) is 8.95. The lowest BCUT2D eigenvalue weighted by molar-refractivity contribution is -0.112. The first-order valence-corrected chi connectivity index (χ1v) is 14.8. The normalized spacial score (nSPS) is 15.5. The molecule has 194 valence electrons. The molecule has 6 rings (SSSR count). The number of nitriles is 1. The van der Waals surface area contributed by atoms with Gasteiger partial charge in [0, 0.05) is 28.0 Å². The first-order valence-electron chi connectivity index (χ1n) is 13.2. The number of amides is 1. The van der Waals surface area contributed by atoms with Gasteiger partial charge in [0.25, 0.3) is 5.91 Å². The number of aryl methyl sites for hydroxylation is 1. The number of carbonyl (C=O) groups is 1. The van der Waals surface area contributed by atoms with Crippen molar-refractivity contribution in [3.05, 3.63) is 116 Å². The molecule has 0 bridgehead atoms. The molecule has 0 spiro atoms. The molecular weight excluding hydrogens is 568 g/mol. The van der Waals surface area contributed by atoms with Crippen molar-refractivity contribution in [2.45, 2.75) is 38.8 Å². The molecule has 39 heavy (non-hydrogen) atoms. The number of benzene rings is 3. The minimum atomic E-state index is -0.135. The standard InChI is InChI=1S/C32H27BrN4OS/c33-24-15-16-28-26(17-24)30(35-31-27(18-34)25-13-7-8-14-29(25)39-31)32(38)37(28)21-36(19-22-9-3-1-4-10-22)20-23-11-5-2-6-12-23/h1-6,9-12,15-17H,7-8,13-14,19-21H2/b35-30-. The molecule has 0 saturated heterocycles. The molecule has 1 aliphatic carbocycles. The molecule has 1 amide bonds. The van der Waals surface area contributed by atoms with Gasteiger partial charge in [-0.25, -0.2) is 4.99 Å². The number of fused-ring (bicyclic) bond motifs is 2. The summed E-state index contributed by atoms with van der Waals surface area (Å²) in [5.74, 6) is -0.135. The maximum Gasteiger partial charge on any atom is 0.278 e. The van der Waals surface area contributed by atoms with Crippen LogP contribution in [0.25, 0.3) is 0 Å². The molecule has 4 aromatic rings. The van der Waals surface area contributed by atoms with Crippen molar-refractivity contribution in [3.63, 3.8) is 0 Å². The highest BCUT2D eigenvalue weighted by molar-refractivity contribution is 9.10. The van der Waals surface area contributed by atoms with Crippen LogP contribution >= 0.6 is 27.3 Å². The van der Waals surface area contributed by atoms with Gasteiger partial charge in [-0.1, -0.05) is 76.6 Å². The van der Waals surface area contributed by atoms with Crippen molar-refractivity contribution in [2.24, 2.45) is 4.99 Å². The fraction of sp³-hybridized carbons (Fsp3) is 0.219. The lowest BCUT2D eigenvalue weighted by atomic mass is 9.96. The van der Waals surface area contributed by atoms with E-state index in [2.05, 4.69) is 51.2 Å². The Kier molecular flexibility index (Phi) is 7.43. The Morgan fingerprint density at radius 3 is 2.28 bits per heavy atom. The Bertz CT molecular complexity index is 1550. The fourth-order valence-electron chi connectivity index (χ4n) is 5.42. The lowest BCUT2D eigenvalue weighted by Crippen LogP contribution is -2.40. The number of aliphatic imine (C=N–C) groups is 1. The van der Waals surface area contributed by atoms with E-state index in [9.17, 15) is 10.1 Å². The van der Waals surface area contributed by atoms with Gasteiger partial charge in [-0.3, -0.25) is 14.6 Å². The maximum absolute atomic E-state index is 14.0. The Balaban J connectivity index is 1.37. The van der Waals surface area contributed by atoms with Crippen molar-refractivity contribution in [2.75, 3.05) is 11.6 Å². The van der Waals surface area contributed by atoms with Crippen LogP contribution in [0.2, 0.25) is 0 Å². The van der Waals surface area contributed by atoms with E-state index in [0.717, 1.165) is 47.0 Å². The van der Waals surface area contributed by atoms with E-state index >= 15 is 0 Å². The monoisotopic (exact) mass is 594 g/mol. The highest BCUT2D eigenvalue weighted by atomic mass is 79.9. The molecule has 0 atom stereocenters. The van der Waals surface area contributed by atoms with Gasteiger partial charge >= 0.3 is 0 Å². The van der Waals surface area contributed by atoms with E-state index in [0.29, 0.717) is 36.0 Å². The SMILES string of the molecule is N#Cc1c(/N=C2\C(=O)N(CN(Cc3ccccc3)Cc3ccccc3)c3ccc(Br)cc32)sc2c1CCCC2. The van der Waals surface area contributed by atoms with Crippen LogP contribution in [0.4, 0.5) is 10.7 Å². The smallest absolute Gasteiger partial charge is 0.278 e. The third kappa shape index (κ3) is 5.33. The molecule has 1 aliphatic heterocycles. The zero-order chi connectivity index (χ0) is 26.8. The van der Waals surface area contributed by atoms with E-state index in [4.69, 9.17) is 4.99 Å². The largest absolute Gasteiger partial charge is 0.293 e. The lowest BCUT2D eigenvalue weighted by Gasteiger charge is -2.28. The Hall–Kier alpha value is -3.57. The zero-order valence-electron chi connectivity index (χ0n) is 21.4. The first-order chi connectivity index (χ1) is 19.1. The summed E-state index contributed by atoms with van der Waals surface area (Å²) in [6.07, 6.45) is 4.12. The van der Waals surface area contributed by atoms with Gasteiger partial charge in [-0.15, -0.1) is 11.3 Å². The Labute approximate surface area is 241 Å². The predicted octanol–water partition coefficient (Wildman–Crippen LogP) is 7.39. The number of anilines is 1. The second-order valence-corrected chi connectivity index (χ2v) is 12.0. The first kappa shape index (κ1) is 25.7. The molecule has 2 aliphatic rings. The van der Waals surface area contributed by atoms with Gasteiger partial charge in [-0.05, 0) is 60.6 Å². The summed E-state index contributed by atoms with van der Waals surface area (Å²) in [4.78, 5) is 24.3. The summed E-state index contributed by atoms with van der Waals surface area (Å²) in [6.45, 7) is 1.82. The van der Waals surface area contributed by atoms with Gasteiger partial charge in [-0.2, -0.15) is 5.26 Å². The van der Waals surface area contributed by atoms with Crippen LogP contribution in [-0.4, -0.2) is 23.2 Å². The van der Waals surface area contributed by atoms with Crippen molar-refractivity contribution < 1.29 is 4.79 Å². The summed E-state index contributed by atoms with van der Waals surface area (Å²) >= 11 is 5.16. The van der Waals surface area contributed by atoms with Crippen LogP contribution in [0.15, 0.2) is 88.3 Å². The molecule has 1 aromatic heterocycles. The average Bonchev–Trinajstić information content (AvgIpc) is 3.44. The van der Waals surface area contributed by atoms with Crippen LogP contribution in [0.3, 0.4) is 0 Å². The Morgan fingerprint density at radius 1 is 0.949 bits per heavy atom. The van der Waals surface area contributed by atoms with Crippen molar-refractivity contribution in [1.29, 1.82) is 5.26 Å². The Morgan fingerprint density at radius 2 is 1.62 bits per heavy atom. The van der Waals surface area contributed by atoms with Gasteiger partial charge in [0.1, 0.15) is 16.8 Å². The molecule has 0 fully saturated rings. The quantitative estimate of drug-likeness (QED) is 0.224. The van der Waals surface area contributed by atoms with Gasteiger partial charge in [0.15, 0.2) is 0 Å². The van der Waals surface area contributed by atoms with Gasteiger partial charge in [0.05, 0.1) is 17.9 Å². The van der Waals surface area contributed by atoms with Crippen LogP contribution in [-0.2, 0) is 30.7 Å². The predicted molar refractivity (Wildman–Crippen MR) is 160 cm³/mol. The van der Waals surface area contributed by atoms with Crippen molar-refractivity contribution in [3.8, 4) is 6.07 Å². The number of thiophene rings is 1. The average molecular weight is 596 g/mol. The summed E-state index contributed by atoms with van der Waals surface area (Å²) in [7, 11) is 0. The molecule has 0 unspecified atom stereocenters. The summed E-state index contributed by atoms with van der Waals surface area (Å²) < 4.78 is 0.889. The third-order valence-electron chi connectivity index (χ3n) is 7.27. The number of hydrogen-bond acceptors (Lipinski definition) is 5.